The Morgan fingerprint density at radius 3 is 1.97 bits per heavy atom. The Morgan fingerprint density at radius 2 is 1.27 bits per heavy atom. The number of nitrogens with zero attached hydrogens (tertiary/aromatic N) is 2. The molecule has 3 aromatic carbocycles. The van der Waals surface area contributed by atoms with Gasteiger partial charge >= 0.3 is 10.2 Å². The quantitative estimate of drug-likeness (QED) is 0.532. The molecule has 6 heteroatoms. The highest BCUT2D eigenvalue weighted by atomic mass is 32.2. The van der Waals surface area contributed by atoms with Crippen molar-refractivity contribution < 1.29 is 13.2 Å². The van der Waals surface area contributed by atoms with Crippen molar-refractivity contribution in [2.24, 2.45) is 0 Å². The van der Waals surface area contributed by atoms with Crippen LogP contribution in [0.15, 0.2) is 84.9 Å². The van der Waals surface area contributed by atoms with E-state index in [1.807, 2.05) is 48.5 Å². The Hall–Kier alpha value is -3.12. The highest BCUT2D eigenvalue weighted by molar-refractivity contribution is 7.91. The molecule has 0 atom stereocenters. The summed E-state index contributed by atoms with van der Waals surface area (Å²) in [6.45, 7) is 0.363. The standard InChI is InChI=1S/C24H24N2O3S/c27-24-22-16-7-8-17-23(22)25(18-10-9-13-20-11-3-1-4-12-20)30(28,29)26(24)19-21-14-5-2-6-15-21/h1-8,11-12,14-17H,9-10,13,18-19H2. The first-order valence-electron chi connectivity index (χ1n) is 10.1. The van der Waals surface area contributed by atoms with Crippen molar-refractivity contribution in [3.05, 3.63) is 102 Å². The molecule has 5 nitrogen and oxygen atoms in total. The molecule has 0 bridgehead atoms. The summed E-state index contributed by atoms with van der Waals surface area (Å²) in [7, 11) is -3.95. The minimum Gasteiger partial charge on any atom is -0.268 e. The molecule has 30 heavy (non-hydrogen) atoms. The third-order valence-corrected chi connectivity index (χ3v) is 7.06. The molecule has 154 valence electrons. The van der Waals surface area contributed by atoms with Crippen LogP contribution in [0.2, 0.25) is 0 Å². The summed E-state index contributed by atoms with van der Waals surface area (Å²) in [5, 5.41) is 0. The number of hydrogen-bond donors (Lipinski definition) is 0. The van der Waals surface area contributed by atoms with Crippen LogP contribution in [0, 0.1) is 0 Å². The molecule has 0 aliphatic carbocycles. The fourth-order valence-corrected chi connectivity index (χ4v) is 5.35. The summed E-state index contributed by atoms with van der Waals surface area (Å²) in [6.07, 6.45) is 2.46. The number of para-hydroxylation sites is 1. The molecular weight excluding hydrogens is 396 g/mol. The van der Waals surface area contributed by atoms with Gasteiger partial charge in [-0.3, -0.25) is 9.10 Å². The molecule has 1 heterocycles. The molecular formula is C24H24N2O3S. The first kappa shape index (κ1) is 20.2. The second-order valence-electron chi connectivity index (χ2n) is 7.34. The van der Waals surface area contributed by atoms with Crippen molar-refractivity contribution in [3.8, 4) is 0 Å². The molecule has 0 spiro atoms. The van der Waals surface area contributed by atoms with Crippen LogP contribution < -0.4 is 4.31 Å². The lowest BCUT2D eigenvalue weighted by Crippen LogP contribution is -2.51. The van der Waals surface area contributed by atoms with Crippen LogP contribution in [0.3, 0.4) is 0 Å². The van der Waals surface area contributed by atoms with Crippen molar-refractivity contribution >= 4 is 21.8 Å². The summed E-state index contributed by atoms with van der Waals surface area (Å²) < 4.78 is 29.1. The fourth-order valence-electron chi connectivity index (χ4n) is 3.72. The Bertz CT molecular complexity index is 1120. The maximum atomic E-state index is 13.4. The lowest BCUT2D eigenvalue weighted by Gasteiger charge is -2.37. The minimum atomic E-state index is -3.95. The van der Waals surface area contributed by atoms with Crippen molar-refractivity contribution in [1.82, 2.24) is 4.31 Å². The molecule has 3 aromatic rings. The van der Waals surface area contributed by atoms with Crippen LogP contribution in [-0.4, -0.2) is 25.2 Å². The van der Waals surface area contributed by atoms with E-state index in [9.17, 15) is 13.2 Å². The number of rotatable bonds is 7. The van der Waals surface area contributed by atoms with E-state index in [-0.39, 0.29) is 6.54 Å². The Balaban J connectivity index is 1.56. The van der Waals surface area contributed by atoms with E-state index in [0.717, 1.165) is 22.7 Å². The first-order chi connectivity index (χ1) is 14.6. The average Bonchev–Trinajstić information content (AvgIpc) is 2.77. The third kappa shape index (κ3) is 4.09. The predicted octanol–water partition coefficient (Wildman–Crippen LogP) is 4.42. The molecule has 1 aliphatic heterocycles. The molecule has 1 aliphatic rings. The molecule has 0 N–H and O–H groups in total. The topological polar surface area (TPSA) is 57.7 Å². The number of amides is 1. The van der Waals surface area contributed by atoms with Crippen molar-refractivity contribution in [1.29, 1.82) is 0 Å². The van der Waals surface area contributed by atoms with E-state index >= 15 is 0 Å². The van der Waals surface area contributed by atoms with Gasteiger partial charge in [0.1, 0.15) is 0 Å². The Labute approximate surface area is 177 Å². The van der Waals surface area contributed by atoms with E-state index < -0.39 is 16.1 Å². The smallest absolute Gasteiger partial charge is 0.268 e. The van der Waals surface area contributed by atoms with Crippen molar-refractivity contribution in [3.63, 3.8) is 0 Å². The molecule has 0 radical (unpaired) electrons. The number of carbonyl (C=O) groups excluding carboxylic acids is 1. The largest absolute Gasteiger partial charge is 0.329 e. The van der Waals surface area contributed by atoms with Crippen LogP contribution in [0.1, 0.15) is 34.3 Å². The highest BCUT2D eigenvalue weighted by Gasteiger charge is 2.41. The summed E-state index contributed by atoms with van der Waals surface area (Å²) in [4.78, 5) is 13.0. The predicted molar refractivity (Wildman–Crippen MR) is 118 cm³/mol. The zero-order chi connectivity index (χ0) is 21.0. The van der Waals surface area contributed by atoms with Crippen molar-refractivity contribution in [2.75, 3.05) is 10.8 Å². The number of hydrogen-bond acceptors (Lipinski definition) is 3. The second kappa shape index (κ2) is 8.71. The molecule has 1 amide bonds. The van der Waals surface area contributed by atoms with Gasteiger partial charge in [0.05, 0.1) is 17.8 Å². The number of aryl methyl sites for hydroxylation is 1. The lowest BCUT2D eigenvalue weighted by molar-refractivity contribution is 0.0851. The lowest BCUT2D eigenvalue weighted by atomic mass is 10.1. The minimum absolute atomic E-state index is 0.0247. The Kier molecular flexibility index (Phi) is 5.86. The molecule has 0 fully saturated rings. The first-order valence-corrected chi connectivity index (χ1v) is 11.5. The van der Waals surface area contributed by atoms with Crippen LogP contribution in [0.4, 0.5) is 5.69 Å². The summed E-state index contributed by atoms with van der Waals surface area (Å²) in [5.41, 5.74) is 2.90. The van der Waals surface area contributed by atoms with Crippen LogP contribution in [0.25, 0.3) is 0 Å². The van der Waals surface area contributed by atoms with Gasteiger partial charge in [-0.1, -0.05) is 72.8 Å². The van der Waals surface area contributed by atoms with Crippen LogP contribution in [0.5, 0.6) is 0 Å². The number of benzene rings is 3. The molecule has 0 aromatic heterocycles. The summed E-state index contributed by atoms with van der Waals surface area (Å²) >= 11 is 0. The summed E-state index contributed by atoms with van der Waals surface area (Å²) in [5.74, 6) is -0.477. The average molecular weight is 421 g/mol. The SMILES string of the molecule is O=C1c2ccccc2N(CCCCc2ccccc2)S(=O)(=O)N1Cc1ccccc1. The van der Waals surface area contributed by atoms with Gasteiger partial charge in [-0.2, -0.15) is 8.42 Å². The Morgan fingerprint density at radius 1 is 0.667 bits per heavy atom. The van der Waals surface area contributed by atoms with Gasteiger partial charge in [-0.15, -0.1) is 0 Å². The van der Waals surface area contributed by atoms with E-state index in [4.69, 9.17) is 0 Å². The number of unbranched alkanes of at least 4 members (excludes halogenated alkanes) is 1. The van der Waals surface area contributed by atoms with Gasteiger partial charge in [0.2, 0.25) is 0 Å². The number of fused-ring (bicyclic) bond motifs is 1. The zero-order valence-electron chi connectivity index (χ0n) is 16.6. The third-order valence-electron chi connectivity index (χ3n) is 5.28. The number of carbonyl (C=O) groups is 1. The maximum Gasteiger partial charge on any atom is 0.329 e. The van der Waals surface area contributed by atoms with Crippen molar-refractivity contribution in [2.45, 2.75) is 25.8 Å². The highest BCUT2D eigenvalue weighted by Crippen LogP contribution is 2.33. The normalized spacial score (nSPS) is 15.1. The van der Waals surface area contributed by atoms with Gasteiger partial charge in [-0.25, -0.2) is 4.31 Å². The zero-order valence-corrected chi connectivity index (χ0v) is 17.5. The van der Waals surface area contributed by atoms with Gasteiger partial charge in [0.25, 0.3) is 5.91 Å². The van der Waals surface area contributed by atoms with Gasteiger partial charge in [-0.05, 0) is 42.5 Å². The van der Waals surface area contributed by atoms with Crippen LogP contribution >= 0.6 is 0 Å². The fraction of sp³-hybridized carbons (Fsp3) is 0.208. The molecule has 4 rings (SSSR count). The maximum absolute atomic E-state index is 13.4. The second-order valence-corrected chi connectivity index (χ2v) is 9.11. The van der Waals surface area contributed by atoms with Gasteiger partial charge in [0, 0.05) is 6.54 Å². The van der Waals surface area contributed by atoms with E-state index in [1.54, 1.807) is 24.3 Å². The molecule has 0 saturated heterocycles. The summed E-state index contributed by atoms with van der Waals surface area (Å²) in [6, 6.07) is 26.3. The molecule has 0 saturated carbocycles. The van der Waals surface area contributed by atoms with E-state index in [0.29, 0.717) is 24.2 Å². The van der Waals surface area contributed by atoms with Gasteiger partial charge in [0.15, 0.2) is 0 Å². The molecule has 0 unspecified atom stereocenters. The monoisotopic (exact) mass is 420 g/mol. The number of anilines is 1. The van der Waals surface area contributed by atoms with E-state index in [1.165, 1.54) is 9.87 Å². The van der Waals surface area contributed by atoms with Gasteiger partial charge < -0.3 is 0 Å². The van der Waals surface area contributed by atoms with E-state index in [2.05, 4.69) is 12.1 Å². The van der Waals surface area contributed by atoms with Crippen LogP contribution in [-0.2, 0) is 23.2 Å².